The van der Waals surface area contributed by atoms with Gasteiger partial charge >= 0.3 is 0 Å². The van der Waals surface area contributed by atoms with Crippen molar-refractivity contribution in [2.75, 3.05) is 13.1 Å². The highest BCUT2D eigenvalue weighted by molar-refractivity contribution is 6.33. The smallest absolute Gasteiger partial charge is 0.253 e. The molecule has 27 heavy (non-hydrogen) atoms. The standard InChI is InChI=1S/C20H28ClN3O3/c1-4-13(2)22-20(27)18(15-9-11-24(12-10-15)14(3)25)23-19(26)16-7-5-6-8-17(16)21/h5-8,13,15,18H,4,9-12H2,1-3H3,(H,22,27)(H,23,26). The maximum Gasteiger partial charge on any atom is 0.253 e. The number of piperidine rings is 1. The zero-order chi connectivity index (χ0) is 20.0. The first-order valence-electron chi connectivity index (χ1n) is 9.44. The van der Waals surface area contributed by atoms with Gasteiger partial charge in [0, 0.05) is 26.1 Å². The molecule has 0 aromatic heterocycles. The molecule has 2 atom stereocenters. The van der Waals surface area contributed by atoms with Crippen LogP contribution in [0, 0.1) is 5.92 Å². The molecule has 1 saturated heterocycles. The van der Waals surface area contributed by atoms with Gasteiger partial charge < -0.3 is 15.5 Å². The summed E-state index contributed by atoms with van der Waals surface area (Å²) >= 11 is 6.12. The highest BCUT2D eigenvalue weighted by Crippen LogP contribution is 2.23. The van der Waals surface area contributed by atoms with E-state index in [1.807, 2.05) is 13.8 Å². The molecule has 1 fully saturated rings. The fraction of sp³-hybridized carbons (Fsp3) is 0.550. The number of nitrogens with zero attached hydrogens (tertiary/aromatic N) is 1. The first-order valence-corrected chi connectivity index (χ1v) is 9.82. The van der Waals surface area contributed by atoms with Gasteiger partial charge in [0.05, 0.1) is 10.6 Å². The van der Waals surface area contributed by atoms with Gasteiger partial charge in [-0.1, -0.05) is 30.7 Å². The van der Waals surface area contributed by atoms with Crippen LogP contribution in [0.1, 0.15) is 50.4 Å². The third-order valence-electron chi connectivity index (χ3n) is 5.14. The summed E-state index contributed by atoms with van der Waals surface area (Å²) in [5, 5.41) is 6.19. The monoisotopic (exact) mass is 393 g/mol. The van der Waals surface area contributed by atoms with Crippen LogP contribution in [0.3, 0.4) is 0 Å². The summed E-state index contributed by atoms with van der Waals surface area (Å²) in [6.45, 7) is 6.66. The van der Waals surface area contributed by atoms with Crippen molar-refractivity contribution in [2.24, 2.45) is 5.92 Å². The van der Waals surface area contributed by atoms with Crippen LogP contribution in [-0.2, 0) is 9.59 Å². The Balaban J connectivity index is 2.15. The Morgan fingerprint density at radius 1 is 1.19 bits per heavy atom. The van der Waals surface area contributed by atoms with Gasteiger partial charge in [-0.3, -0.25) is 14.4 Å². The third-order valence-corrected chi connectivity index (χ3v) is 5.47. The summed E-state index contributed by atoms with van der Waals surface area (Å²) in [5.74, 6) is -0.546. The Hall–Kier alpha value is -2.08. The topological polar surface area (TPSA) is 78.5 Å². The van der Waals surface area contributed by atoms with Crippen molar-refractivity contribution in [2.45, 2.75) is 52.1 Å². The summed E-state index contributed by atoms with van der Waals surface area (Å²) < 4.78 is 0. The summed E-state index contributed by atoms with van der Waals surface area (Å²) in [6, 6.07) is 6.14. The molecule has 3 amide bonds. The van der Waals surface area contributed by atoms with Crippen molar-refractivity contribution < 1.29 is 14.4 Å². The van der Waals surface area contributed by atoms with Crippen molar-refractivity contribution in [3.63, 3.8) is 0 Å². The molecule has 2 N–H and O–H groups in total. The molecular formula is C20H28ClN3O3. The van der Waals surface area contributed by atoms with Crippen LogP contribution < -0.4 is 10.6 Å². The molecule has 1 heterocycles. The number of hydrogen-bond acceptors (Lipinski definition) is 3. The summed E-state index contributed by atoms with van der Waals surface area (Å²) in [5.41, 5.74) is 0.349. The lowest BCUT2D eigenvalue weighted by Gasteiger charge is -2.35. The highest BCUT2D eigenvalue weighted by atomic mass is 35.5. The molecule has 1 aliphatic heterocycles. The molecule has 1 aromatic carbocycles. The quantitative estimate of drug-likeness (QED) is 0.779. The van der Waals surface area contributed by atoms with E-state index in [2.05, 4.69) is 10.6 Å². The summed E-state index contributed by atoms with van der Waals surface area (Å²) in [6.07, 6.45) is 2.14. The highest BCUT2D eigenvalue weighted by Gasteiger charge is 2.34. The number of likely N-dealkylation sites (tertiary alicyclic amines) is 1. The molecule has 0 bridgehead atoms. The normalized spacial score (nSPS) is 17.1. The van der Waals surface area contributed by atoms with E-state index in [1.54, 1.807) is 36.1 Å². The lowest BCUT2D eigenvalue weighted by Crippen LogP contribution is -2.55. The molecule has 148 valence electrons. The summed E-state index contributed by atoms with van der Waals surface area (Å²) in [4.78, 5) is 38.9. The molecule has 0 radical (unpaired) electrons. The maximum absolute atomic E-state index is 12.8. The van der Waals surface area contributed by atoms with Gasteiger partial charge in [0.15, 0.2) is 0 Å². The average Bonchev–Trinajstić information content (AvgIpc) is 2.66. The number of amides is 3. The Morgan fingerprint density at radius 3 is 2.37 bits per heavy atom. The second kappa shape index (κ2) is 9.74. The van der Waals surface area contributed by atoms with Gasteiger partial charge in [-0.25, -0.2) is 0 Å². The number of carbonyl (C=O) groups excluding carboxylic acids is 3. The van der Waals surface area contributed by atoms with Gasteiger partial charge in [0.2, 0.25) is 11.8 Å². The van der Waals surface area contributed by atoms with Crippen molar-refractivity contribution in [1.29, 1.82) is 0 Å². The van der Waals surface area contributed by atoms with Gasteiger partial charge in [-0.15, -0.1) is 0 Å². The van der Waals surface area contributed by atoms with E-state index < -0.39 is 6.04 Å². The number of halogens is 1. The van der Waals surface area contributed by atoms with Crippen LogP contribution in [0.2, 0.25) is 5.02 Å². The van der Waals surface area contributed by atoms with E-state index in [1.165, 1.54) is 0 Å². The van der Waals surface area contributed by atoms with Crippen LogP contribution in [0.5, 0.6) is 0 Å². The van der Waals surface area contributed by atoms with Gasteiger partial charge in [-0.05, 0) is 44.2 Å². The van der Waals surface area contributed by atoms with Crippen LogP contribution in [0.15, 0.2) is 24.3 Å². The maximum atomic E-state index is 12.8. The van der Waals surface area contributed by atoms with E-state index in [0.717, 1.165) is 6.42 Å². The molecule has 2 rings (SSSR count). The SMILES string of the molecule is CCC(C)NC(=O)C(NC(=O)c1ccccc1Cl)C1CCN(C(C)=O)CC1. The van der Waals surface area contributed by atoms with Crippen molar-refractivity contribution in [3.05, 3.63) is 34.9 Å². The Labute approximate surface area is 165 Å². The van der Waals surface area contributed by atoms with E-state index in [9.17, 15) is 14.4 Å². The van der Waals surface area contributed by atoms with E-state index in [4.69, 9.17) is 11.6 Å². The predicted octanol–water partition coefficient (Wildman–Crippen LogP) is 2.61. The second-order valence-corrected chi connectivity index (χ2v) is 7.50. The molecule has 2 unspecified atom stereocenters. The Bertz CT molecular complexity index is 687. The molecule has 0 saturated carbocycles. The number of benzene rings is 1. The van der Waals surface area contributed by atoms with Crippen molar-refractivity contribution >= 4 is 29.3 Å². The van der Waals surface area contributed by atoms with Crippen LogP contribution in [-0.4, -0.2) is 47.8 Å². The largest absolute Gasteiger partial charge is 0.352 e. The number of nitrogens with one attached hydrogen (secondary N) is 2. The summed E-state index contributed by atoms with van der Waals surface area (Å²) in [7, 11) is 0. The van der Waals surface area contributed by atoms with Crippen molar-refractivity contribution in [1.82, 2.24) is 15.5 Å². The first kappa shape index (κ1) is 21.2. The fourth-order valence-electron chi connectivity index (χ4n) is 3.24. The zero-order valence-electron chi connectivity index (χ0n) is 16.1. The van der Waals surface area contributed by atoms with Gasteiger partial charge in [-0.2, -0.15) is 0 Å². The molecule has 6 nitrogen and oxygen atoms in total. The predicted molar refractivity (Wildman–Crippen MR) is 106 cm³/mol. The zero-order valence-corrected chi connectivity index (χ0v) is 16.9. The Morgan fingerprint density at radius 2 is 1.81 bits per heavy atom. The lowest BCUT2D eigenvalue weighted by atomic mass is 9.88. The second-order valence-electron chi connectivity index (χ2n) is 7.09. The van der Waals surface area contributed by atoms with Crippen LogP contribution in [0.25, 0.3) is 0 Å². The third kappa shape index (κ3) is 5.70. The van der Waals surface area contributed by atoms with Gasteiger partial charge in [0.1, 0.15) is 6.04 Å². The molecule has 7 heteroatoms. The fourth-order valence-corrected chi connectivity index (χ4v) is 3.47. The molecule has 0 aliphatic carbocycles. The lowest BCUT2D eigenvalue weighted by molar-refractivity contribution is -0.130. The number of carbonyl (C=O) groups is 3. The van der Waals surface area contributed by atoms with E-state index >= 15 is 0 Å². The van der Waals surface area contributed by atoms with Gasteiger partial charge in [0.25, 0.3) is 5.91 Å². The van der Waals surface area contributed by atoms with Crippen LogP contribution in [0.4, 0.5) is 0 Å². The molecular weight excluding hydrogens is 366 g/mol. The molecule has 1 aromatic rings. The number of hydrogen-bond donors (Lipinski definition) is 2. The molecule has 1 aliphatic rings. The minimum Gasteiger partial charge on any atom is -0.352 e. The van der Waals surface area contributed by atoms with E-state index in [0.29, 0.717) is 36.5 Å². The van der Waals surface area contributed by atoms with E-state index in [-0.39, 0.29) is 29.7 Å². The number of rotatable bonds is 6. The Kier molecular flexibility index (Phi) is 7.66. The average molecular weight is 394 g/mol. The molecule has 0 spiro atoms. The first-order chi connectivity index (χ1) is 12.8. The minimum absolute atomic E-state index is 0.0227. The van der Waals surface area contributed by atoms with Crippen LogP contribution >= 0.6 is 11.6 Å². The van der Waals surface area contributed by atoms with Crippen molar-refractivity contribution in [3.8, 4) is 0 Å². The minimum atomic E-state index is -0.656.